The Morgan fingerprint density at radius 2 is 1.68 bits per heavy atom. The van der Waals surface area contributed by atoms with Crippen molar-refractivity contribution in [2.75, 3.05) is 13.1 Å². The Morgan fingerprint density at radius 1 is 1.18 bits per heavy atom. The van der Waals surface area contributed by atoms with E-state index in [1.54, 1.807) is 0 Å². The van der Waals surface area contributed by atoms with Crippen LogP contribution in [-0.2, 0) is 4.79 Å². The van der Waals surface area contributed by atoms with Gasteiger partial charge in [0.1, 0.15) is 5.54 Å². The third kappa shape index (κ3) is 3.33. The predicted molar refractivity (Wildman–Crippen MR) is 76.8 cm³/mol. The molecule has 1 saturated heterocycles. The number of hydrogen-bond donors (Lipinski definition) is 2. The van der Waals surface area contributed by atoms with Gasteiger partial charge in [0, 0.05) is 25.9 Å². The van der Waals surface area contributed by atoms with Gasteiger partial charge in [-0.15, -0.1) is 0 Å². The molecule has 0 aromatic rings. The van der Waals surface area contributed by atoms with Gasteiger partial charge in [0.2, 0.25) is 0 Å². The largest absolute Gasteiger partial charge is 0.480 e. The summed E-state index contributed by atoms with van der Waals surface area (Å²) in [5.74, 6) is -3.56. The average Bonchev–Trinajstić information content (AvgIpc) is 2.30. The smallest absolute Gasteiger partial charge is 0.329 e. The van der Waals surface area contributed by atoms with Crippen LogP contribution in [0.2, 0.25) is 0 Å². The SMILES string of the molecule is CC(C)(C)C1CC(NC(=O)N2CCC(F)(F)CC2)(C(=O)O)C1. The number of carboxylic acid groups (broad SMARTS) is 1. The van der Waals surface area contributed by atoms with E-state index in [0.717, 1.165) is 0 Å². The Hall–Kier alpha value is -1.40. The number of halogens is 2. The Bertz CT molecular complexity index is 458. The van der Waals surface area contributed by atoms with Crippen LogP contribution in [0.5, 0.6) is 0 Å². The van der Waals surface area contributed by atoms with Gasteiger partial charge in [0.25, 0.3) is 5.92 Å². The number of aliphatic carboxylic acids is 1. The Labute approximate surface area is 129 Å². The zero-order chi connectivity index (χ0) is 16.8. The van der Waals surface area contributed by atoms with Crippen LogP contribution in [-0.4, -0.2) is 46.6 Å². The summed E-state index contributed by atoms with van der Waals surface area (Å²) in [5.41, 5.74) is -1.27. The minimum Gasteiger partial charge on any atom is -0.480 e. The first-order valence-corrected chi connectivity index (χ1v) is 7.64. The maximum atomic E-state index is 13.1. The van der Waals surface area contributed by atoms with Crippen LogP contribution in [0, 0.1) is 11.3 Å². The number of urea groups is 1. The summed E-state index contributed by atoms with van der Waals surface area (Å²) in [6.45, 7) is 6.03. The first-order chi connectivity index (χ1) is 9.95. The van der Waals surface area contributed by atoms with Crippen molar-refractivity contribution >= 4 is 12.0 Å². The minimum atomic E-state index is -2.73. The van der Waals surface area contributed by atoms with Crippen LogP contribution < -0.4 is 5.32 Å². The highest BCUT2D eigenvalue weighted by molar-refractivity contribution is 5.87. The number of piperidine rings is 1. The number of carbonyl (C=O) groups excluding carboxylic acids is 1. The molecule has 22 heavy (non-hydrogen) atoms. The van der Waals surface area contributed by atoms with Crippen LogP contribution in [0.15, 0.2) is 0 Å². The molecule has 0 unspecified atom stereocenters. The molecule has 1 aliphatic heterocycles. The molecule has 2 aliphatic rings. The molecule has 2 N–H and O–H groups in total. The van der Waals surface area contributed by atoms with E-state index in [4.69, 9.17) is 0 Å². The van der Waals surface area contributed by atoms with E-state index in [1.807, 2.05) is 20.8 Å². The molecule has 0 bridgehead atoms. The van der Waals surface area contributed by atoms with Crippen molar-refractivity contribution in [3.05, 3.63) is 0 Å². The lowest BCUT2D eigenvalue weighted by Crippen LogP contribution is -2.66. The monoisotopic (exact) mass is 318 g/mol. The number of carbonyl (C=O) groups is 2. The fraction of sp³-hybridized carbons (Fsp3) is 0.867. The predicted octanol–water partition coefficient (Wildman–Crippen LogP) is 2.71. The maximum absolute atomic E-state index is 13.1. The van der Waals surface area contributed by atoms with E-state index in [1.165, 1.54) is 4.90 Å². The van der Waals surface area contributed by atoms with Gasteiger partial charge < -0.3 is 15.3 Å². The number of nitrogens with one attached hydrogen (secondary N) is 1. The molecule has 2 rings (SSSR count). The summed E-state index contributed by atoms with van der Waals surface area (Å²) in [6, 6.07) is -0.551. The van der Waals surface area contributed by atoms with Crippen molar-refractivity contribution in [1.82, 2.24) is 10.2 Å². The highest BCUT2D eigenvalue weighted by atomic mass is 19.3. The first kappa shape index (κ1) is 17.0. The second-order valence-electron chi connectivity index (χ2n) is 7.63. The normalized spacial score (nSPS) is 31.3. The van der Waals surface area contributed by atoms with E-state index in [0.29, 0.717) is 12.8 Å². The standard InChI is InChI=1S/C15H24F2N2O3/c1-13(2,3)10-8-14(9-10,11(20)21)18-12(22)19-6-4-15(16,17)5-7-19/h10H,4-9H2,1-3H3,(H,18,22)(H,20,21). The van der Waals surface area contributed by atoms with E-state index in [9.17, 15) is 23.5 Å². The van der Waals surface area contributed by atoms with Crippen molar-refractivity contribution < 1.29 is 23.5 Å². The number of nitrogens with zero attached hydrogens (tertiary/aromatic N) is 1. The highest BCUT2D eigenvalue weighted by Crippen LogP contribution is 2.48. The first-order valence-electron chi connectivity index (χ1n) is 7.64. The van der Waals surface area contributed by atoms with E-state index in [-0.39, 0.29) is 37.3 Å². The van der Waals surface area contributed by atoms with E-state index < -0.39 is 23.5 Å². The summed E-state index contributed by atoms with van der Waals surface area (Å²) in [6.07, 6.45) is 0.0133. The molecule has 0 radical (unpaired) electrons. The third-order valence-electron chi connectivity index (χ3n) is 4.95. The second kappa shape index (κ2) is 5.35. The number of carboxylic acids is 1. The topological polar surface area (TPSA) is 69.6 Å². The van der Waals surface area contributed by atoms with Crippen molar-refractivity contribution in [2.24, 2.45) is 11.3 Å². The Balaban J connectivity index is 1.96. The quantitative estimate of drug-likeness (QED) is 0.822. The molecule has 0 spiro atoms. The van der Waals surface area contributed by atoms with Crippen LogP contribution in [0.4, 0.5) is 13.6 Å². The molecule has 1 heterocycles. The number of rotatable bonds is 2. The molecule has 2 amide bonds. The number of hydrogen-bond acceptors (Lipinski definition) is 2. The summed E-state index contributed by atoms with van der Waals surface area (Å²) in [4.78, 5) is 25.0. The Morgan fingerprint density at radius 3 is 2.09 bits per heavy atom. The van der Waals surface area contributed by atoms with Gasteiger partial charge in [-0.1, -0.05) is 20.8 Å². The van der Waals surface area contributed by atoms with E-state index >= 15 is 0 Å². The lowest BCUT2D eigenvalue weighted by Gasteiger charge is -2.50. The molecule has 126 valence electrons. The fourth-order valence-corrected chi connectivity index (χ4v) is 3.04. The van der Waals surface area contributed by atoms with Gasteiger partial charge in [0.15, 0.2) is 0 Å². The molecule has 0 aromatic carbocycles. The van der Waals surface area contributed by atoms with Crippen molar-refractivity contribution in [2.45, 2.75) is 57.9 Å². The molecule has 0 aromatic heterocycles. The van der Waals surface area contributed by atoms with Gasteiger partial charge in [-0.3, -0.25) is 0 Å². The van der Waals surface area contributed by atoms with Crippen molar-refractivity contribution in [3.63, 3.8) is 0 Å². The maximum Gasteiger partial charge on any atom is 0.329 e. The van der Waals surface area contributed by atoms with Crippen LogP contribution in [0.1, 0.15) is 46.5 Å². The zero-order valence-corrected chi connectivity index (χ0v) is 13.3. The Kier molecular flexibility index (Phi) is 4.13. The van der Waals surface area contributed by atoms with Gasteiger partial charge in [-0.05, 0) is 24.2 Å². The minimum absolute atomic E-state index is 0.0170. The summed E-state index contributed by atoms with van der Waals surface area (Å²) >= 11 is 0. The molecule has 7 heteroatoms. The number of amides is 2. The zero-order valence-electron chi connectivity index (χ0n) is 13.3. The summed E-state index contributed by atoms with van der Waals surface area (Å²) in [5, 5.41) is 12.0. The number of likely N-dealkylation sites (tertiary alicyclic amines) is 1. The van der Waals surface area contributed by atoms with Gasteiger partial charge in [0.05, 0.1) is 0 Å². The number of alkyl halides is 2. The lowest BCUT2D eigenvalue weighted by atomic mass is 9.59. The molecule has 1 aliphatic carbocycles. The summed E-state index contributed by atoms with van der Waals surface area (Å²) < 4.78 is 26.2. The van der Waals surface area contributed by atoms with Gasteiger partial charge >= 0.3 is 12.0 Å². The van der Waals surface area contributed by atoms with Crippen molar-refractivity contribution in [3.8, 4) is 0 Å². The molecule has 0 atom stereocenters. The van der Waals surface area contributed by atoms with Crippen LogP contribution in [0.3, 0.4) is 0 Å². The second-order valence-corrected chi connectivity index (χ2v) is 7.63. The van der Waals surface area contributed by atoms with E-state index in [2.05, 4.69) is 5.32 Å². The van der Waals surface area contributed by atoms with Gasteiger partial charge in [-0.25, -0.2) is 18.4 Å². The van der Waals surface area contributed by atoms with Gasteiger partial charge in [-0.2, -0.15) is 0 Å². The fourth-order valence-electron chi connectivity index (χ4n) is 3.04. The molecular formula is C15H24F2N2O3. The molecular weight excluding hydrogens is 294 g/mol. The van der Waals surface area contributed by atoms with Crippen molar-refractivity contribution in [1.29, 1.82) is 0 Å². The highest BCUT2D eigenvalue weighted by Gasteiger charge is 2.55. The lowest BCUT2D eigenvalue weighted by molar-refractivity contribution is -0.153. The summed E-state index contributed by atoms with van der Waals surface area (Å²) in [7, 11) is 0. The van der Waals surface area contributed by atoms with Crippen LogP contribution in [0.25, 0.3) is 0 Å². The molecule has 2 fully saturated rings. The molecule has 1 saturated carbocycles. The van der Waals surface area contributed by atoms with Crippen LogP contribution >= 0.6 is 0 Å². The third-order valence-corrected chi connectivity index (χ3v) is 4.95. The molecule has 5 nitrogen and oxygen atoms in total. The average molecular weight is 318 g/mol.